The average molecular weight is 383 g/mol. The maximum absolute atomic E-state index is 13.2. The highest BCUT2D eigenvalue weighted by Gasteiger charge is 2.34. The molecule has 1 fully saturated rings. The van der Waals surface area contributed by atoms with E-state index in [4.69, 9.17) is 0 Å². The number of hydrogen-bond donors (Lipinski definition) is 1. The molecule has 0 bridgehead atoms. The number of carbonyl (C=O) groups is 2. The van der Waals surface area contributed by atoms with Crippen LogP contribution in [-0.4, -0.2) is 23.3 Å². The van der Waals surface area contributed by atoms with Gasteiger partial charge in [0.1, 0.15) is 6.54 Å². The molecule has 2 aliphatic rings. The lowest BCUT2D eigenvalue weighted by atomic mass is 9.98. The minimum absolute atomic E-state index is 0.0878. The number of fused-ring (bicyclic) bond motifs is 1. The van der Waals surface area contributed by atoms with E-state index in [1.54, 1.807) is 16.2 Å². The quantitative estimate of drug-likeness (QED) is 0.818. The highest BCUT2D eigenvalue weighted by molar-refractivity contribution is 7.10. The van der Waals surface area contributed by atoms with Crippen LogP contribution in [0.1, 0.15) is 60.6 Å². The number of amides is 2. The summed E-state index contributed by atoms with van der Waals surface area (Å²) in [4.78, 5) is 28.6. The molecule has 1 atom stereocenters. The number of rotatable bonds is 4. The van der Waals surface area contributed by atoms with Gasteiger partial charge in [0.25, 0.3) is 0 Å². The first kappa shape index (κ1) is 18.2. The first-order valence-corrected chi connectivity index (χ1v) is 10.7. The summed E-state index contributed by atoms with van der Waals surface area (Å²) < 4.78 is 0. The monoisotopic (exact) mass is 382 g/mol. The van der Waals surface area contributed by atoms with E-state index in [1.807, 2.05) is 30.5 Å². The Kier molecular flexibility index (Phi) is 5.30. The molecule has 2 amide bonds. The lowest BCUT2D eigenvalue weighted by Crippen LogP contribution is -2.38. The van der Waals surface area contributed by atoms with Crippen molar-refractivity contribution in [3.8, 4) is 0 Å². The van der Waals surface area contributed by atoms with Gasteiger partial charge in [-0.2, -0.15) is 0 Å². The van der Waals surface area contributed by atoms with Crippen LogP contribution in [0.25, 0.3) is 0 Å². The Bertz CT molecular complexity index is 825. The van der Waals surface area contributed by atoms with Crippen molar-refractivity contribution in [2.24, 2.45) is 5.92 Å². The number of aryl methyl sites for hydroxylation is 1. The van der Waals surface area contributed by atoms with Gasteiger partial charge < -0.3 is 10.2 Å². The molecule has 0 saturated heterocycles. The number of hydrogen-bond acceptors (Lipinski definition) is 3. The highest BCUT2D eigenvalue weighted by atomic mass is 32.1. The van der Waals surface area contributed by atoms with Crippen molar-refractivity contribution in [1.29, 1.82) is 0 Å². The molecule has 4 nitrogen and oxygen atoms in total. The highest BCUT2D eigenvalue weighted by Crippen LogP contribution is 2.39. The Labute approximate surface area is 164 Å². The molecule has 5 heteroatoms. The van der Waals surface area contributed by atoms with Gasteiger partial charge >= 0.3 is 0 Å². The molecule has 4 rings (SSSR count). The fourth-order valence-electron chi connectivity index (χ4n) is 4.38. The van der Waals surface area contributed by atoms with Crippen molar-refractivity contribution in [3.63, 3.8) is 0 Å². The summed E-state index contributed by atoms with van der Waals surface area (Å²) in [6, 6.07) is 9.93. The third-order valence-electron chi connectivity index (χ3n) is 5.78. The molecule has 0 spiro atoms. The van der Waals surface area contributed by atoms with Crippen LogP contribution in [-0.2, 0) is 9.59 Å². The van der Waals surface area contributed by atoms with E-state index >= 15 is 0 Å². The lowest BCUT2D eigenvalue weighted by molar-refractivity contribution is -0.136. The second-order valence-corrected chi connectivity index (χ2v) is 8.75. The van der Waals surface area contributed by atoms with E-state index in [0.717, 1.165) is 28.1 Å². The van der Waals surface area contributed by atoms with Crippen molar-refractivity contribution in [2.75, 3.05) is 11.9 Å². The Morgan fingerprint density at radius 2 is 2.07 bits per heavy atom. The van der Waals surface area contributed by atoms with Crippen LogP contribution in [0, 0.1) is 12.8 Å². The molecule has 1 aromatic heterocycles. The zero-order valence-electron chi connectivity index (χ0n) is 15.7. The van der Waals surface area contributed by atoms with Crippen LogP contribution in [0.2, 0.25) is 0 Å². The van der Waals surface area contributed by atoms with Crippen LogP contribution < -0.4 is 5.32 Å². The van der Waals surface area contributed by atoms with E-state index in [0.29, 0.717) is 12.3 Å². The summed E-state index contributed by atoms with van der Waals surface area (Å²) in [6.45, 7) is 2.16. The number of nitrogens with one attached hydrogen (secondary N) is 1. The second-order valence-electron chi connectivity index (χ2n) is 7.77. The third kappa shape index (κ3) is 3.93. The van der Waals surface area contributed by atoms with Crippen molar-refractivity contribution in [1.82, 2.24) is 4.90 Å². The summed E-state index contributed by atoms with van der Waals surface area (Å²) in [7, 11) is 0. The smallest absolute Gasteiger partial charge is 0.244 e. The summed E-state index contributed by atoms with van der Waals surface area (Å²) in [5, 5.41) is 5.03. The van der Waals surface area contributed by atoms with Gasteiger partial charge in [0.2, 0.25) is 11.8 Å². The number of benzene rings is 1. The number of carbonyl (C=O) groups excluding carboxylic acids is 2. The van der Waals surface area contributed by atoms with Gasteiger partial charge in [0, 0.05) is 22.5 Å². The molecule has 1 unspecified atom stereocenters. The van der Waals surface area contributed by atoms with Gasteiger partial charge in [-0.3, -0.25) is 9.59 Å². The predicted molar refractivity (Wildman–Crippen MR) is 109 cm³/mol. The molecular formula is C22H26N2O2S. The zero-order chi connectivity index (χ0) is 18.8. The van der Waals surface area contributed by atoms with Crippen molar-refractivity contribution >= 4 is 28.8 Å². The Morgan fingerprint density at radius 1 is 1.26 bits per heavy atom. The Hall–Kier alpha value is -2.14. The predicted octanol–water partition coefficient (Wildman–Crippen LogP) is 4.90. The zero-order valence-corrected chi connectivity index (χ0v) is 16.6. The first-order valence-electron chi connectivity index (χ1n) is 9.85. The van der Waals surface area contributed by atoms with Crippen molar-refractivity contribution in [2.45, 2.75) is 51.5 Å². The van der Waals surface area contributed by atoms with Gasteiger partial charge in [-0.1, -0.05) is 49.4 Å². The summed E-state index contributed by atoms with van der Waals surface area (Å²) in [5.41, 5.74) is 2.96. The topological polar surface area (TPSA) is 49.4 Å². The van der Waals surface area contributed by atoms with E-state index in [1.165, 1.54) is 25.7 Å². The Balaban J connectivity index is 1.67. The van der Waals surface area contributed by atoms with E-state index in [9.17, 15) is 9.59 Å². The van der Waals surface area contributed by atoms with Gasteiger partial charge in [-0.25, -0.2) is 0 Å². The summed E-state index contributed by atoms with van der Waals surface area (Å²) in [5.74, 6) is 0.641. The fraction of sp³-hybridized carbons (Fsp3) is 0.455. The fourth-order valence-corrected chi connectivity index (χ4v) is 5.24. The maximum atomic E-state index is 13.2. The van der Waals surface area contributed by atoms with Gasteiger partial charge in [-0.15, -0.1) is 11.3 Å². The lowest BCUT2D eigenvalue weighted by Gasteiger charge is -2.30. The molecule has 27 heavy (non-hydrogen) atoms. The molecule has 2 heterocycles. The maximum Gasteiger partial charge on any atom is 0.244 e. The first-order chi connectivity index (χ1) is 13.1. The number of thiophene rings is 1. The second kappa shape index (κ2) is 7.85. The molecule has 1 saturated carbocycles. The number of anilines is 1. The van der Waals surface area contributed by atoms with E-state index in [-0.39, 0.29) is 24.4 Å². The van der Waals surface area contributed by atoms with Gasteiger partial charge in [0.15, 0.2) is 0 Å². The summed E-state index contributed by atoms with van der Waals surface area (Å²) >= 11 is 1.64. The SMILES string of the molecule is Cc1ccc2c(c1)C(c1cccs1)N(C(=O)CCC1CCCC1)CC(=O)N2. The van der Waals surface area contributed by atoms with E-state index in [2.05, 4.69) is 17.4 Å². The molecule has 2 aromatic rings. The molecule has 1 aliphatic heterocycles. The molecule has 0 radical (unpaired) electrons. The largest absolute Gasteiger partial charge is 0.324 e. The Morgan fingerprint density at radius 3 is 2.81 bits per heavy atom. The van der Waals surface area contributed by atoms with Crippen LogP contribution >= 0.6 is 11.3 Å². The van der Waals surface area contributed by atoms with Crippen LogP contribution in [0.3, 0.4) is 0 Å². The minimum Gasteiger partial charge on any atom is -0.324 e. The molecule has 1 aromatic carbocycles. The molecular weight excluding hydrogens is 356 g/mol. The van der Waals surface area contributed by atoms with Crippen molar-refractivity contribution in [3.05, 3.63) is 51.7 Å². The van der Waals surface area contributed by atoms with E-state index < -0.39 is 0 Å². The number of nitrogens with zero attached hydrogens (tertiary/aromatic N) is 1. The van der Waals surface area contributed by atoms with Crippen molar-refractivity contribution < 1.29 is 9.59 Å². The van der Waals surface area contributed by atoms with Crippen LogP contribution in [0.15, 0.2) is 35.7 Å². The minimum atomic E-state index is -0.199. The molecule has 1 N–H and O–H groups in total. The normalized spacial score (nSPS) is 20.3. The van der Waals surface area contributed by atoms with Gasteiger partial charge in [-0.05, 0) is 36.8 Å². The van der Waals surface area contributed by atoms with Gasteiger partial charge in [0.05, 0.1) is 6.04 Å². The van der Waals surface area contributed by atoms with Crippen LogP contribution in [0.5, 0.6) is 0 Å². The molecule has 1 aliphatic carbocycles. The average Bonchev–Trinajstić information content (AvgIpc) is 3.33. The standard InChI is InChI=1S/C22H26N2O2S/c1-15-8-10-18-17(13-15)22(19-7-4-12-27-19)24(14-20(25)23-18)21(26)11-9-16-5-2-3-6-16/h4,7-8,10,12-13,16,22H,2-3,5-6,9,11,14H2,1H3,(H,23,25). The van der Waals surface area contributed by atoms with Crippen LogP contribution in [0.4, 0.5) is 5.69 Å². The summed E-state index contributed by atoms with van der Waals surface area (Å²) in [6.07, 6.45) is 6.52. The third-order valence-corrected chi connectivity index (χ3v) is 6.70. The molecule has 142 valence electrons.